The van der Waals surface area contributed by atoms with Gasteiger partial charge in [0.1, 0.15) is 0 Å². The molecule has 0 unspecified atom stereocenters. The van der Waals surface area contributed by atoms with E-state index in [0.29, 0.717) is 19.9 Å². The van der Waals surface area contributed by atoms with Crippen LogP contribution >= 0.6 is 0 Å². The summed E-state index contributed by atoms with van der Waals surface area (Å²) in [5, 5.41) is 1.44. The zero-order chi connectivity index (χ0) is 9.47. The molecule has 0 saturated carbocycles. The summed E-state index contributed by atoms with van der Waals surface area (Å²) in [5.41, 5.74) is 1.81. The average molecular weight is 237 g/mol. The van der Waals surface area contributed by atoms with Gasteiger partial charge in [0, 0.05) is 0 Å². The van der Waals surface area contributed by atoms with Gasteiger partial charge in [-0.15, -0.1) is 0 Å². The van der Waals surface area contributed by atoms with Crippen LogP contribution in [0.1, 0.15) is 26.3 Å². The summed E-state index contributed by atoms with van der Waals surface area (Å²) in [6, 6.07) is 8.92. The van der Waals surface area contributed by atoms with E-state index in [2.05, 4.69) is 50.0 Å². The molecule has 0 N–H and O–H groups in total. The van der Waals surface area contributed by atoms with Gasteiger partial charge in [0.05, 0.1) is 0 Å². The van der Waals surface area contributed by atoms with Gasteiger partial charge in [0.2, 0.25) is 0 Å². The molecule has 0 nitrogen and oxygen atoms in total. The van der Waals surface area contributed by atoms with Gasteiger partial charge in [0.15, 0.2) is 0 Å². The van der Waals surface area contributed by atoms with Crippen LogP contribution in [0.25, 0.3) is 9.65 Å². The van der Waals surface area contributed by atoms with E-state index in [1.165, 1.54) is 10.9 Å². The molecular formula is C12H14Se. The molecule has 0 fully saturated rings. The quantitative estimate of drug-likeness (QED) is 0.617. The van der Waals surface area contributed by atoms with Crippen molar-refractivity contribution in [2.24, 2.45) is 0 Å². The molecular weight excluding hydrogens is 223 g/mol. The van der Waals surface area contributed by atoms with Crippen molar-refractivity contribution in [3.05, 3.63) is 34.8 Å². The summed E-state index contributed by atoms with van der Waals surface area (Å²) in [6.07, 6.45) is 0. The fourth-order valence-corrected chi connectivity index (χ4v) is 3.94. The van der Waals surface area contributed by atoms with Crippen LogP contribution in [0.4, 0.5) is 0 Å². The second kappa shape index (κ2) is 3.01. The van der Waals surface area contributed by atoms with Crippen LogP contribution < -0.4 is 0 Å². The minimum atomic E-state index is 0.291. The molecule has 1 aromatic heterocycles. The minimum absolute atomic E-state index is 0.291. The van der Waals surface area contributed by atoms with E-state index in [9.17, 15) is 0 Å². The molecule has 0 radical (unpaired) electrons. The Labute approximate surface area is 85.3 Å². The maximum atomic E-state index is 2.31. The van der Waals surface area contributed by atoms with Crippen molar-refractivity contribution in [1.82, 2.24) is 0 Å². The first-order valence-electron chi connectivity index (χ1n) is 4.56. The molecule has 0 atom stereocenters. The third-order valence-corrected chi connectivity index (χ3v) is 4.31. The van der Waals surface area contributed by atoms with Crippen molar-refractivity contribution in [2.75, 3.05) is 0 Å². The van der Waals surface area contributed by atoms with E-state index in [0.717, 1.165) is 0 Å². The van der Waals surface area contributed by atoms with Crippen LogP contribution in [0.15, 0.2) is 29.2 Å². The molecule has 0 aliphatic carbocycles. The third-order valence-electron chi connectivity index (χ3n) is 2.29. The first kappa shape index (κ1) is 9.05. The molecule has 0 saturated heterocycles. The van der Waals surface area contributed by atoms with Gasteiger partial charge in [-0.25, -0.2) is 0 Å². The summed E-state index contributed by atoms with van der Waals surface area (Å²) in [7, 11) is 0. The Bertz CT molecular complexity index is 418. The van der Waals surface area contributed by atoms with Gasteiger partial charge in [-0.2, -0.15) is 0 Å². The summed E-state index contributed by atoms with van der Waals surface area (Å²) < 4.78 is 1.59. The number of fused-ring (bicyclic) bond motifs is 1. The molecule has 68 valence electrons. The molecule has 1 heteroatoms. The van der Waals surface area contributed by atoms with Crippen molar-refractivity contribution in [1.29, 1.82) is 0 Å². The molecule has 2 aromatic rings. The SMILES string of the molecule is CC(C)(C)c1cccc2cc[se]c12. The van der Waals surface area contributed by atoms with Gasteiger partial charge < -0.3 is 0 Å². The van der Waals surface area contributed by atoms with E-state index < -0.39 is 0 Å². The molecule has 0 bridgehead atoms. The normalized spacial score (nSPS) is 12.2. The van der Waals surface area contributed by atoms with Crippen LogP contribution in [-0.4, -0.2) is 14.5 Å². The number of hydrogen-bond donors (Lipinski definition) is 0. The summed E-state index contributed by atoms with van der Waals surface area (Å²) >= 11 is 0.569. The van der Waals surface area contributed by atoms with Crippen molar-refractivity contribution in [3.8, 4) is 0 Å². The van der Waals surface area contributed by atoms with Gasteiger partial charge in [-0.3, -0.25) is 0 Å². The Kier molecular flexibility index (Phi) is 2.09. The molecule has 0 spiro atoms. The van der Waals surface area contributed by atoms with Crippen LogP contribution in [0.3, 0.4) is 0 Å². The zero-order valence-electron chi connectivity index (χ0n) is 8.29. The Hall–Kier alpha value is -0.521. The second-order valence-electron chi connectivity index (χ2n) is 4.39. The van der Waals surface area contributed by atoms with Gasteiger partial charge in [-0.05, 0) is 0 Å². The summed E-state index contributed by atoms with van der Waals surface area (Å²) in [6.45, 7) is 6.87. The predicted molar refractivity (Wildman–Crippen MR) is 59.6 cm³/mol. The fourth-order valence-electron chi connectivity index (χ4n) is 1.58. The van der Waals surface area contributed by atoms with Gasteiger partial charge >= 0.3 is 85.1 Å². The van der Waals surface area contributed by atoms with Crippen molar-refractivity contribution >= 4 is 24.1 Å². The Balaban J connectivity index is 2.75. The number of rotatable bonds is 0. The van der Waals surface area contributed by atoms with E-state index in [1.54, 1.807) is 4.26 Å². The summed E-state index contributed by atoms with van der Waals surface area (Å²) in [5.74, 6) is 0. The molecule has 1 aromatic carbocycles. The van der Waals surface area contributed by atoms with E-state index in [4.69, 9.17) is 0 Å². The molecule has 1 heterocycles. The zero-order valence-corrected chi connectivity index (χ0v) is 10.0. The molecule has 13 heavy (non-hydrogen) atoms. The van der Waals surface area contributed by atoms with E-state index >= 15 is 0 Å². The molecule has 2 rings (SSSR count). The van der Waals surface area contributed by atoms with Crippen LogP contribution in [0, 0.1) is 0 Å². The van der Waals surface area contributed by atoms with Crippen molar-refractivity contribution in [3.63, 3.8) is 0 Å². The van der Waals surface area contributed by atoms with E-state index in [-0.39, 0.29) is 0 Å². The van der Waals surface area contributed by atoms with Crippen LogP contribution in [-0.2, 0) is 5.41 Å². The Morgan fingerprint density at radius 1 is 1.08 bits per heavy atom. The van der Waals surface area contributed by atoms with Crippen molar-refractivity contribution < 1.29 is 0 Å². The third kappa shape index (κ3) is 1.59. The maximum absolute atomic E-state index is 2.31. The first-order chi connectivity index (χ1) is 6.09. The standard InChI is InChI=1S/C12H14Se/c1-12(2,3)10-6-4-5-9-7-8-13-11(9)10/h4-8H,1-3H3. The fraction of sp³-hybridized carbons (Fsp3) is 0.333. The molecule has 0 aliphatic rings. The van der Waals surface area contributed by atoms with Crippen molar-refractivity contribution in [2.45, 2.75) is 26.2 Å². The van der Waals surface area contributed by atoms with Gasteiger partial charge in [0.25, 0.3) is 0 Å². The first-order valence-corrected chi connectivity index (χ1v) is 6.40. The number of benzene rings is 1. The summed E-state index contributed by atoms with van der Waals surface area (Å²) in [4.78, 5) is 2.31. The topological polar surface area (TPSA) is 0 Å². The van der Waals surface area contributed by atoms with Gasteiger partial charge in [-0.1, -0.05) is 0 Å². The molecule has 0 amide bonds. The Morgan fingerprint density at radius 3 is 2.54 bits per heavy atom. The average Bonchev–Trinajstić information content (AvgIpc) is 2.48. The molecule has 0 aliphatic heterocycles. The van der Waals surface area contributed by atoms with Crippen LogP contribution in [0.5, 0.6) is 0 Å². The predicted octanol–water partition coefficient (Wildman–Crippen LogP) is 3.19. The number of hydrogen-bond acceptors (Lipinski definition) is 0. The Morgan fingerprint density at radius 2 is 1.85 bits per heavy atom. The van der Waals surface area contributed by atoms with Crippen LogP contribution in [0.2, 0.25) is 0 Å². The van der Waals surface area contributed by atoms with E-state index in [1.807, 2.05) is 0 Å². The monoisotopic (exact) mass is 238 g/mol. The second-order valence-corrected chi connectivity index (χ2v) is 6.32.